The van der Waals surface area contributed by atoms with Crippen LogP contribution in [0.5, 0.6) is 0 Å². The summed E-state index contributed by atoms with van der Waals surface area (Å²) < 4.78 is 4.64. The Kier molecular flexibility index (Phi) is 6.48. The quantitative estimate of drug-likeness (QED) is 0.834. The molecular weight excluding hydrogens is 280 g/mol. The molecule has 1 aliphatic heterocycles. The van der Waals surface area contributed by atoms with Gasteiger partial charge in [-0.05, 0) is 37.6 Å². The van der Waals surface area contributed by atoms with E-state index in [4.69, 9.17) is 0 Å². The van der Waals surface area contributed by atoms with Crippen LogP contribution in [0.25, 0.3) is 0 Å². The van der Waals surface area contributed by atoms with Crippen molar-refractivity contribution in [3.05, 3.63) is 29.8 Å². The first kappa shape index (κ1) is 16.5. The molecule has 2 N–H and O–H groups in total. The molecule has 2 rings (SSSR count). The molecule has 1 fully saturated rings. The molecule has 1 atom stereocenters. The smallest absolute Gasteiger partial charge is 0.337 e. The highest BCUT2D eigenvalue weighted by molar-refractivity contribution is 5.94. The number of carbonyl (C=O) groups is 2. The second-order valence-corrected chi connectivity index (χ2v) is 4.62. The third-order valence-corrected chi connectivity index (χ3v) is 3.16. The molecule has 20 heavy (non-hydrogen) atoms. The predicted octanol–water partition coefficient (Wildman–Crippen LogP) is 1.98. The molecule has 1 saturated heterocycles. The molecule has 0 bridgehead atoms. The summed E-state index contributed by atoms with van der Waals surface area (Å²) in [6, 6.07) is 7.01. The molecular formula is C14H19ClN2O3. The lowest BCUT2D eigenvalue weighted by Gasteiger charge is -2.11. The van der Waals surface area contributed by atoms with Gasteiger partial charge >= 0.3 is 5.97 Å². The summed E-state index contributed by atoms with van der Waals surface area (Å²) in [5.74, 6) is -0.449. The SMILES string of the molecule is COC(=O)c1cccc(NC(=O)CC2CCCN2)c1.Cl. The first-order valence-electron chi connectivity index (χ1n) is 6.40. The molecule has 0 saturated carbocycles. The normalized spacial score (nSPS) is 17.1. The van der Waals surface area contributed by atoms with Crippen LogP contribution in [-0.2, 0) is 9.53 Å². The maximum absolute atomic E-state index is 11.9. The van der Waals surface area contributed by atoms with E-state index in [1.54, 1.807) is 24.3 Å². The van der Waals surface area contributed by atoms with Gasteiger partial charge in [-0.25, -0.2) is 4.79 Å². The van der Waals surface area contributed by atoms with Crippen molar-refractivity contribution in [2.45, 2.75) is 25.3 Å². The largest absolute Gasteiger partial charge is 0.465 e. The molecule has 1 unspecified atom stereocenters. The molecule has 1 aromatic carbocycles. The summed E-state index contributed by atoms with van der Waals surface area (Å²) in [4.78, 5) is 23.2. The lowest BCUT2D eigenvalue weighted by Crippen LogP contribution is -2.27. The number of hydrogen-bond acceptors (Lipinski definition) is 4. The van der Waals surface area contributed by atoms with E-state index in [9.17, 15) is 9.59 Å². The van der Waals surface area contributed by atoms with Crippen molar-refractivity contribution < 1.29 is 14.3 Å². The van der Waals surface area contributed by atoms with E-state index in [1.807, 2.05) is 0 Å². The summed E-state index contributed by atoms with van der Waals surface area (Å²) in [6.07, 6.45) is 2.62. The highest BCUT2D eigenvalue weighted by atomic mass is 35.5. The van der Waals surface area contributed by atoms with E-state index in [2.05, 4.69) is 15.4 Å². The van der Waals surface area contributed by atoms with Gasteiger partial charge in [-0.15, -0.1) is 12.4 Å². The van der Waals surface area contributed by atoms with Gasteiger partial charge in [0.25, 0.3) is 0 Å². The third-order valence-electron chi connectivity index (χ3n) is 3.16. The molecule has 1 amide bonds. The van der Waals surface area contributed by atoms with Crippen LogP contribution >= 0.6 is 12.4 Å². The Labute approximate surface area is 124 Å². The van der Waals surface area contributed by atoms with Crippen molar-refractivity contribution in [1.29, 1.82) is 0 Å². The van der Waals surface area contributed by atoms with Gasteiger partial charge < -0.3 is 15.4 Å². The number of carbonyl (C=O) groups excluding carboxylic acids is 2. The van der Waals surface area contributed by atoms with Gasteiger partial charge in [-0.2, -0.15) is 0 Å². The van der Waals surface area contributed by atoms with E-state index < -0.39 is 5.97 Å². The predicted molar refractivity (Wildman–Crippen MR) is 79.3 cm³/mol. The number of ether oxygens (including phenoxy) is 1. The number of nitrogens with one attached hydrogen (secondary N) is 2. The van der Waals surface area contributed by atoms with Crippen LogP contribution in [0.15, 0.2) is 24.3 Å². The number of hydrogen-bond donors (Lipinski definition) is 2. The maximum atomic E-state index is 11.9. The van der Waals surface area contributed by atoms with Gasteiger partial charge in [0.15, 0.2) is 0 Å². The highest BCUT2D eigenvalue weighted by Crippen LogP contribution is 2.14. The fourth-order valence-corrected chi connectivity index (χ4v) is 2.21. The van der Waals surface area contributed by atoms with Gasteiger partial charge in [0, 0.05) is 18.2 Å². The van der Waals surface area contributed by atoms with Crippen LogP contribution in [0, 0.1) is 0 Å². The second-order valence-electron chi connectivity index (χ2n) is 4.62. The molecule has 5 nitrogen and oxygen atoms in total. The van der Waals surface area contributed by atoms with Crippen LogP contribution in [0.2, 0.25) is 0 Å². The van der Waals surface area contributed by atoms with Crippen LogP contribution in [-0.4, -0.2) is 31.6 Å². The van der Waals surface area contributed by atoms with Crippen LogP contribution in [0.1, 0.15) is 29.6 Å². The molecule has 6 heteroatoms. The van der Waals surface area contributed by atoms with E-state index >= 15 is 0 Å². The summed E-state index contributed by atoms with van der Waals surface area (Å²) in [7, 11) is 1.33. The van der Waals surface area contributed by atoms with Crippen molar-refractivity contribution in [3.8, 4) is 0 Å². The topological polar surface area (TPSA) is 67.4 Å². The van der Waals surface area contributed by atoms with Gasteiger partial charge in [-0.1, -0.05) is 6.07 Å². The Morgan fingerprint density at radius 3 is 2.90 bits per heavy atom. The zero-order valence-electron chi connectivity index (χ0n) is 11.3. The lowest BCUT2D eigenvalue weighted by atomic mass is 10.1. The number of esters is 1. The molecule has 1 aromatic rings. The molecule has 1 aliphatic rings. The number of halogens is 1. The Morgan fingerprint density at radius 1 is 1.45 bits per heavy atom. The summed E-state index contributed by atoms with van der Waals surface area (Å²) in [5, 5.41) is 6.08. The molecule has 0 spiro atoms. The van der Waals surface area contributed by atoms with Crippen molar-refractivity contribution in [1.82, 2.24) is 5.32 Å². The Morgan fingerprint density at radius 2 is 2.25 bits per heavy atom. The average molecular weight is 299 g/mol. The molecule has 0 aromatic heterocycles. The minimum atomic E-state index is -0.409. The van der Waals surface area contributed by atoms with E-state index in [1.165, 1.54) is 7.11 Å². The Balaban J connectivity index is 0.00000200. The van der Waals surface area contributed by atoms with Crippen molar-refractivity contribution in [3.63, 3.8) is 0 Å². The number of methoxy groups -OCH3 is 1. The fourth-order valence-electron chi connectivity index (χ4n) is 2.21. The monoisotopic (exact) mass is 298 g/mol. The fraction of sp³-hybridized carbons (Fsp3) is 0.429. The Bertz CT molecular complexity index is 473. The van der Waals surface area contributed by atoms with E-state index in [-0.39, 0.29) is 24.4 Å². The van der Waals surface area contributed by atoms with E-state index in [0.29, 0.717) is 17.7 Å². The van der Waals surface area contributed by atoms with Gasteiger partial charge in [0.2, 0.25) is 5.91 Å². The van der Waals surface area contributed by atoms with Gasteiger partial charge in [-0.3, -0.25) is 4.79 Å². The number of amides is 1. The summed E-state index contributed by atoms with van der Waals surface area (Å²) >= 11 is 0. The summed E-state index contributed by atoms with van der Waals surface area (Å²) in [5.41, 5.74) is 1.05. The first-order chi connectivity index (χ1) is 9.19. The molecule has 0 aliphatic carbocycles. The number of rotatable bonds is 4. The van der Waals surface area contributed by atoms with E-state index in [0.717, 1.165) is 19.4 Å². The standard InChI is InChI=1S/C14H18N2O3.ClH/c1-19-14(18)10-4-2-5-12(8-10)16-13(17)9-11-6-3-7-15-11;/h2,4-5,8,11,15H,3,6-7,9H2,1H3,(H,16,17);1H. The minimum Gasteiger partial charge on any atom is -0.465 e. The zero-order chi connectivity index (χ0) is 13.7. The van der Waals surface area contributed by atoms with Crippen molar-refractivity contribution in [2.75, 3.05) is 19.0 Å². The minimum absolute atomic E-state index is 0. The number of anilines is 1. The highest BCUT2D eigenvalue weighted by Gasteiger charge is 2.17. The van der Waals surface area contributed by atoms with Crippen LogP contribution < -0.4 is 10.6 Å². The number of benzene rings is 1. The Hall–Kier alpha value is -1.59. The third kappa shape index (κ3) is 4.51. The van der Waals surface area contributed by atoms with Crippen molar-refractivity contribution >= 4 is 30.0 Å². The molecule has 1 heterocycles. The van der Waals surface area contributed by atoms with Crippen LogP contribution in [0.4, 0.5) is 5.69 Å². The molecule has 0 radical (unpaired) electrons. The average Bonchev–Trinajstić information content (AvgIpc) is 2.90. The first-order valence-corrected chi connectivity index (χ1v) is 6.40. The molecule has 110 valence electrons. The maximum Gasteiger partial charge on any atom is 0.337 e. The summed E-state index contributed by atoms with van der Waals surface area (Å²) in [6.45, 7) is 0.982. The van der Waals surface area contributed by atoms with Gasteiger partial charge in [0.05, 0.1) is 12.7 Å². The van der Waals surface area contributed by atoms with Crippen LogP contribution in [0.3, 0.4) is 0 Å². The zero-order valence-corrected chi connectivity index (χ0v) is 12.2. The van der Waals surface area contributed by atoms with Gasteiger partial charge in [0.1, 0.15) is 0 Å². The lowest BCUT2D eigenvalue weighted by molar-refractivity contribution is -0.116. The second kappa shape index (κ2) is 7.87. The van der Waals surface area contributed by atoms with Crippen molar-refractivity contribution in [2.24, 2.45) is 0 Å².